The largest absolute Gasteiger partial charge is 0.376 e. The molecule has 0 aliphatic carbocycles. The quantitative estimate of drug-likeness (QED) is 0.372. The highest BCUT2D eigenvalue weighted by Gasteiger charge is 2.16. The average Bonchev–Trinajstić information content (AvgIpc) is 3.52. The van der Waals surface area contributed by atoms with Gasteiger partial charge < -0.3 is 9.72 Å². The molecule has 3 heterocycles. The fourth-order valence-electron chi connectivity index (χ4n) is 4.49. The molecule has 5 rings (SSSR count). The standard InChI is InChI=1S/C27H30N4OS/c1-17-12-19(3)23(13-18(17)2)26-16-33-27(28-14-21-8-7-11-32-21)31(26)29-15-24-20(4)30-25-10-6-5-9-22(24)25/h5-6,9-10,12-13,15-16,21,30H,7-8,11,14H2,1-4H3. The van der Waals surface area contributed by atoms with Crippen molar-refractivity contribution in [3.63, 3.8) is 0 Å². The Labute approximate surface area is 198 Å². The first-order valence-electron chi connectivity index (χ1n) is 11.5. The summed E-state index contributed by atoms with van der Waals surface area (Å²) >= 11 is 1.64. The third kappa shape index (κ3) is 4.33. The second-order valence-electron chi connectivity index (χ2n) is 8.90. The van der Waals surface area contributed by atoms with Gasteiger partial charge >= 0.3 is 0 Å². The van der Waals surface area contributed by atoms with Gasteiger partial charge in [-0.2, -0.15) is 5.10 Å². The van der Waals surface area contributed by atoms with E-state index >= 15 is 0 Å². The van der Waals surface area contributed by atoms with Crippen molar-refractivity contribution in [2.24, 2.45) is 10.1 Å². The van der Waals surface area contributed by atoms with E-state index in [4.69, 9.17) is 14.8 Å². The monoisotopic (exact) mass is 458 g/mol. The zero-order valence-electron chi connectivity index (χ0n) is 19.7. The molecule has 0 amide bonds. The number of para-hydroxylation sites is 1. The maximum Gasteiger partial charge on any atom is 0.206 e. The Morgan fingerprint density at radius 3 is 2.76 bits per heavy atom. The maximum atomic E-state index is 5.80. The van der Waals surface area contributed by atoms with Gasteiger partial charge in [-0.05, 0) is 69.4 Å². The van der Waals surface area contributed by atoms with Crippen LogP contribution in [0.3, 0.4) is 0 Å². The third-order valence-electron chi connectivity index (χ3n) is 6.50. The summed E-state index contributed by atoms with van der Waals surface area (Å²) in [5.74, 6) is 0. The molecule has 5 nitrogen and oxygen atoms in total. The number of H-pyrrole nitrogens is 1. The lowest BCUT2D eigenvalue weighted by molar-refractivity contribution is 0.117. The van der Waals surface area contributed by atoms with Gasteiger partial charge in [0.1, 0.15) is 0 Å². The van der Waals surface area contributed by atoms with Gasteiger partial charge in [-0.3, -0.25) is 4.99 Å². The number of hydrogen-bond acceptors (Lipinski definition) is 4. The molecule has 1 saturated heterocycles. The van der Waals surface area contributed by atoms with Gasteiger partial charge in [0.05, 0.1) is 24.6 Å². The van der Waals surface area contributed by atoms with Crippen molar-refractivity contribution in [1.29, 1.82) is 0 Å². The average molecular weight is 459 g/mol. The van der Waals surface area contributed by atoms with Crippen molar-refractivity contribution >= 4 is 28.5 Å². The van der Waals surface area contributed by atoms with Crippen LogP contribution in [0.15, 0.2) is 51.9 Å². The Bertz CT molecular complexity index is 1400. The molecule has 1 atom stereocenters. The Morgan fingerprint density at radius 1 is 1.12 bits per heavy atom. The molecular weight excluding hydrogens is 428 g/mol. The summed E-state index contributed by atoms with van der Waals surface area (Å²) in [5, 5.41) is 8.33. The number of nitrogens with zero attached hydrogens (tertiary/aromatic N) is 3. The molecule has 4 aromatic rings. The summed E-state index contributed by atoms with van der Waals surface area (Å²) in [6, 6.07) is 12.9. The number of benzene rings is 2. The third-order valence-corrected chi connectivity index (χ3v) is 7.36. The van der Waals surface area contributed by atoms with Crippen LogP contribution < -0.4 is 4.80 Å². The maximum absolute atomic E-state index is 5.80. The van der Waals surface area contributed by atoms with E-state index in [9.17, 15) is 0 Å². The van der Waals surface area contributed by atoms with E-state index in [-0.39, 0.29) is 6.10 Å². The van der Waals surface area contributed by atoms with Gasteiger partial charge in [0.2, 0.25) is 4.80 Å². The van der Waals surface area contributed by atoms with E-state index in [1.165, 1.54) is 27.6 Å². The van der Waals surface area contributed by atoms with Crippen LogP contribution in [-0.2, 0) is 4.74 Å². The summed E-state index contributed by atoms with van der Waals surface area (Å²) in [5.41, 5.74) is 9.44. The van der Waals surface area contributed by atoms with Crippen molar-refractivity contribution in [1.82, 2.24) is 9.66 Å². The first-order chi connectivity index (χ1) is 16.0. The van der Waals surface area contributed by atoms with E-state index in [0.29, 0.717) is 6.54 Å². The molecule has 1 N–H and O–H groups in total. The number of hydrogen-bond donors (Lipinski definition) is 1. The van der Waals surface area contributed by atoms with Gasteiger partial charge in [0, 0.05) is 39.7 Å². The lowest BCUT2D eigenvalue weighted by Gasteiger charge is -2.11. The predicted molar refractivity (Wildman–Crippen MR) is 137 cm³/mol. The highest BCUT2D eigenvalue weighted by atomic mass is 32.1. The van der Waals surface area contributed by atoms with E-state index in [2.05, 4.69) is 74.5 Å². The summed E-state index contributed by atoms with van der Waals surface area (Å²) in [7, 11) is 0. The summed E-state index contributed by atoms with van der Waals surface area (Å²) in [6.07, 6.45) is 4.38. The number of ether oxygens (including phenoxy) is 1. The number of aromatic amines is 1. The van der Waals surface area contributed by atoms with Crippen molar-refractivity contribution in [2.75, 3.05) is 13.2 Å². The highest BCUT2D eigenvalue weighted by Crippen LogP contribution is 2.27. The minimum absolute atomic E-state index is 0.215. The first kappa shape index (κ1) is 21.9. The van der Waals surface area contributed by atoms with Gasteiger partial charge in [-0.15, -0.1) is 11.3 Å². The Balaban J connectivity index is 1.62. The smallest absolute Gasteiger partial charge is 0.206 e. The second-order valence-corrected chi connectivity index (χ2v) is 9.73. The molecular formula is C27H30N4OS. The van der Waals surface area contributed by atoms with Crippen molar-refractivity contribution < 1.29 is 4.74 Å². The predicted octanol–water partition coefficient (Wildman–Crippen LogP) is 5.89. The number of aryl methyl sites for hydroxylation is 4. The molecule has 2 aromatic carbocycles. The molecule has 1 aliphatic heterocycles. The first-order valence-corrected chi connectivity index (χ1v) is 12.4. The van der Waals surface area contributed by atoms with Crippen LogP contribution >= 0.6 is 11.3 Å². The zero-order chi connectivity index (χ0) is 22.9. The normalized spacial score (nSPS) is 17.1. The van der Waals surface area contributed by atoms with Crippen molar-refractivity contribution in [3.05, 3.63) is 74.5 Å². The number of aromatic nitrogens is 2. The van der Waals surface area contributed by atoms with Crippen molar-refractivity contribution in [3.8, 4) is 11.3 Å². The lowest BCUT2D eigenvalue weighted by atomic mass is 9.99. The van der Waals surface area contributed by atoms with Crippen LogP contribution in [0.4, 0.5) is 0 Å². The van der Waals surface area contributed by atoms with Gasteiger partial charge in [0.25, 0.3) is 0 Å². The van der Waals surface area contributed by atoms with E-state index < -0.39 is 0 Å². The van der Waals surface area contributed by atoms with Crippen LogP contribution in [0, 0.1) is 27.7 Å². The molecule has 0 radical (unpaired) electrons. The lowest BCUT2D eigenvalue weighted by Crippen LogP contribution is -2.17. The van der Waals surface area contributed by atoms with Crippen LogP contribution in [0.25, 0.3) is 22.2 Å². The molecule has 33 heavy (non-hydrogen) atoms. The SMILES string of the molecule is Cc1cc(C)c(-c2csc(=NCC3CCCO3)n2N=Cc2c(C)[nH]c3ccccc23)cc1C. The topological polar surface area (TPSA) is 54.7 Å². The molecule has 1 aliphatic rings. The number of fused-ring (bicyclic) bond motifs is 1. The number of thiazole rings is 1. The van der Waals surface area contributed by atoms with Gasteiger partial charge in [-0.25, -0.2) is 4.68 Å². The molecule has 6 heteroatoms. The molecule has 0 saturated carbocycles. The van der Waals surface area contributed by atoms with E-state index in [1.807, 2.05) is 10.9 Å². The molecule has 1 fully saturated rings. The summed E-state index contributed by atoms with van der Waals surface area (Å²) < 4.78 is 7.79. The van der Waals surface area contributed by atoms with E-state index in [0.717, 1.165) is 46.7 Å². The summed E-state index contributed by atoms with van der Waals surface area (Å²) in [6.45, 7) is 10.1. The molecule has 2 aromatic heterocycles. The fourth-order valence-corrected chi connectivity index (χ4v) is 5.33. The van der Waals surface area contributed by atoms with Crippen LogP contribution in [0.5, 0.6) is 0 Å². The minimum atomic E-state index is 0.215. The van der Waals surface area contributed by atoms with Crippen LogP contribution in [0.1, 0.15) is 40.8 Å². The zero-order valence-corrected chi connectivity index (χ0v) is 20.5. The fraction of sp³-hybridized carbons (Fsp3) is 0.333. The highest BCUT2D eigenvalue weighted by molar-refractivity contribution is 7.07. The number of rotatable bonds is 5. The Kier molecular flexibility index (Phi) is 6.04. The Morgan fingerprint density at radius 2 is 1.94 bits per heavy atom. The van der Waals surface area contributed by atoms with Crippen LogP contribution in [-0.4, -0.2) is 35.1 Å². The van der Waals surface area contributed by atoms with Gasteiger partial charge in [-0.1, -0.05) is 24.3 Å². The van der Waals surface area contributed by atoms with E-state index in [1.54, 1.807) is 11.3 Å². The van der Waals surface area contributed by atoms with Gasteiger partial charge in [0.15, 0.2) is 0 Å². The van der Waals surface area contributed by atoms with Crippen LogP contribution in [0.2, 0.25) is 0 Å². The molecule has 0 spiro atoms. The summed E-state index contributed by atoms with van der Waals surface area (Å²) in [4.78, 5) is 9.28. The Hall–Kier alpha value is -2.96. The number of nitrogens with one attached hydrogen (secondary N) is 1. The minimum Gasteiger partial charge on any atom is -0.376 e. The van der Waals surface area contributed by atoms with Crippen molar-refractivity contribution in [2.45, 2.75) is 46.6 Å². The second kappa shape index (κ2) is 9.12. The molecule has 0 bridgehead atoms. The molecule has 170 valence electrons. The molecule has 1 unspecified atom stereocenters.